The summed E-state index contributed by atoms with van der Waals surface area (Å²) in [6.07, 6.45) is 7.96. The number of methoxy groups -OCH3 is 1. The van der Waals surface area contributed by atoms with E-state index in [2.05, 4.69) is 11.4 Å². The Bertz CT molecular complexity index is 1220. The van der Waals surface area contributed by atoms with E-state index in [0.717, 1.165) is 41.7 Å². The van der Waals surface area contributed by atoms with Gasteiger partial charge in [0.15, 0.2) is 0 Å². The fourth-order valence-electron chi connectivity index (χ4n) is 4.81. The van der Waals surface area contributed by atoms with Crippen LogP contribution in [0.25, 0.3) is 0 Å². The summed E-state index contributed by atoms with van der Waals surface area (Å²) in [4.78, 5) is 29.3. The molecule has 6 heteroatoms. The molecule has 1 N–H and O–H groups in total. The number of ether oxygens (including phenoxy) is 1. The monoisotopic (exact) mass is 530 g/mol. The van der Waals surface area contributed by atoms with E-state index in [-0.39, 0.29) is 24.8 Å². The second-order valence-corrected chi connectivity index (χ2v) is 10.1. The van der Waals surface area contributed by atoms with Gasteiger partial charge < -0.3 is 15.0 Å². The summed E-state index contributed by atoms with van der Waals surface area (Å²) in [5, 5.41) is 3.74. The number of carbonyl (C=O) groups is 2. The molecule has 0 saturated carbocycles. The van der Waals surface area contributed by atoms with E-state index < -0.39 is 6.04 Å². The minimum absolute atomic E-state index is 0.137. The lowest BCUT2D eigenvalue weighted by Crippen LogP contribution is -2.44. The Balaban J connectivity index is 1.61. The summed E-state index contributed by atoms with van der Waals surface area (Å²) in [6, 6.07) is 23.6. The number of nitrogens with zero attached hydrogens (tertiary/aromatic N) is 1. The number of hydrogen-bond acceptors (Lipinski definition) is 3. The predicted octanol–water partition coefficient (Wildman–Crippen LogP) is 6.67. The SMILES string of the molecule is COc1ccc(CN(C(=O)Cc2ccc(Cl)cc2)[C@@H](C(=O)NCCC2=CCCCC2)c2ccccc2)cc1. The van der Waals surface area contributed by atoms with E-state index in [1.807, 2.05) is 66.7 Å². The normalized spacial score (nSPS) is 13.8. The highest BCUT2D eigenvalue weighted by molar-refractivity contribution is 6.30. The lowest BCUT2D eigenvalue weighted by Gasteiger charge is -2.32. The summed E-state index contributed by atoms with van der Waals surface area (Å²) in [5.41, 5.74) is 3.94. The smallest absolute Gasteiger partial charge is 0.247 e. The van der Waals surface area contributed by atoms with Crippen molar-refractivity contribution in [2.45, 2.75) is 51.1 Å². The Morgan fingerprint density at radius 3 is 2.32 bits per heavy atom. The number of rotatable bonds is 11. The minimum Gasteiger partial charge on any atom is -0.497 e. The maximum atomic E-state index is 13.8. The van der Waals surface area contributed by atoms with Gasteiger partial charge >= 0.3 is 0 Å². The van der Waals surface area contributed by atoms with Crippen LogP contribution in [0.4, 0.5) is 0 Å². The lowest BCUT2D eigenvalue weighted by molar-refractivity contribution is -0.141. The number of benzene rings is 3. The van der Waals surface area contributed by atoms with Gasteiger partial charge in [0, 0.05) is 18.1 Å². The molecule has 3 aromatic carbocycles. The van der Waals surface area contributed by atoms with Crippen LogP contribution in [0.1, 0.15) is 54.8 Å². The summed E-state index contributed by atoms with van der Waals surface area (Å²) in [6.45, 7) is 0.838. The maximum Gasteiger partial charge on any atom is 0.247 e. The van der Waals surface area contributed by atoms with E-state index in [0.29, 0.717) is 11.6 Å². The van der Waals surface area contributed by atoms with E-state index in [1.54, 1.807) is 24.1 Å². The number of nitrogens with one attached hydrogen (secondary N) is 1. The fraction of sp³-hybridized carbons (Fsp3) is 0.312. The van der Waals surface area contributed by atoms with Crippen LogP contribution in [0.3, 0.4) is 0 Å². The average Bonchev–Trinajstić information content (AvgIpc) is 2.95. The van der Waals surface area contributed by atoms with Crippen molar-refractivity contribution >= 4 is 23.4 Å². The molecule has 198 valence electrons. The molecule has 1 atom stereocenters. The number of carbonyl (C=O) groups excluding carboxylic acids is 2. The van der Waals surface area contributed by atoms with Crippen LogP contribution in [0.15, 0.2) is 90.5 Å². The highest BCUT2D eigenvalue weighted by Crippen LogP contribution is 2.26. The quantitative estimate of drug-likeness (QED) is 0.282. The Morgan fingerprint density at radius 1 is 0.947 bits per heavy atom. The van der Waals surface area contributed by atoms with Gasteiger partial charge in [-0.25, -0.2) is 0 Å². The molecule has 0 fully saturated rings. The van der Waals surface area contributed by atoms with Crippen molar-refractivity contribution in [3.05, 3.63) is 112 Å². The molecule has 38 heavy (non-hydrogen) atoms. The molecule has 3 aromatic rings. The summed E-state index contributed by atoms with van der Waals surface area (Å²) in [5.74, 6) is 0.426. The third kappa shape index (κ3) is 7.72. The van der Waals surface area contributed by atoms with Crippen LogP contribution in [0.2, 0.25) is 5.02 Å². The lowest BCUT2D eigenvalue weighted by atomic mass is 9.97. The summed E-state index contributed by atoms with van der Waals surface area (Å²) < 4.78 is 5.30. The zero-order valence-corrected chi connectivity index (χ0v) is 22.6. The molecule has 0 unspecified atom stereocenters. The Labute approximate surface area is 230 Å². The molecular formula is C32H35ClN2O3. The van der Waals surface area contributed by atoms with Crippen LogP contribution in [-0.4, -0.2) is 30.4 Å². The van der Waals surface area contributed by atoms with Gasteiger partial charge in [0.05, 0.1) is 13.5 Å². The van der Waals surface area contributed by atoms with Gasteiger partial charge in [-0.05, 0) is 73.1 Å². The van der Waals surface area contributed by atoms with Crippen molar-refractivity contribution in [2.75, 3.05) is 13.7 Å². The van der Waals surface area contributed by atoms with Crippen LogP contribution >= 0.6 is 11.6 Å². The highest BCUT2D eigenvalue weighted by Gasteiger charge is 2.31. The molecule has 4 rings (SSSR count). The zero-order chi connectivity index (χ0) is 26.7. The third-order valence-electron chi connectivity index (χ3n) is 6.91. The van der Waals surface area contributed by atoms with E-state index in [9.17, 15) is 9.59 Å². The molecule has 0 spiro atoms. The molecule has 0 radical (unpaired) electrons. The van der Waals surface area contributed by atoms with Crippen LogP contribution in [0.5, 0.6) is 5.75 Å². The average molecular weight is 531 g/mol. The molecule has 5 nitrogen and oxygen atoms in total. The second kappa shape index (κ2) is 13.8. The highest BCUT2D eigenvalue weighted by atomic mass is 35.5. The van der Waals surface area contributed by atoms with Crippen LogP contribution in [0, 0.1) is 0 Å². The molecule has 0 bridgehead atoms. The van der Waals surface area contributed by atoms with Gasteiger partial charge in [-0.15, -0.1) is 0 Å². The molecular weight excluding hydrogens is 496 g/mol. The van der Waals surface area contributed by atoms with Gasteiger partial charge in [-0.1, -0.05) is 77.8 Å². The van der Waals surface area contributed by atoms with E-state index in [4.69, 9.17) is 16.3 Å². The third-order valence-corrected chi connectivity index (χ3v) is 7.16. The fourth-order valence-corrected chi connectivity index (χ4v) is 4.94. The maximum absolute atomic E-state index is 13.8. The second-order valence-electron chi connectivity index (χ2n) is 9.64. The van der Waals surface area contributed by atoms with Crippen LogP contribution in [-0.2, 0) is 22.6 Å². The van der Waals surface area contributed by atoms with Crippen molar-refractivity contribution in [1.82, 2.24) is 10.2 Å². The van der Waals surface area contributed by atoms with Crippen molar-refractivity contribution in [2.24, 2.45) is 0 Å². The molecule has 1 aliphatic rings. The van der Waals surface area contributed by atoms with Crippen LogP contribution < -0.4 is 10.1 Å². The Morgan fingerprint density at radius 2 is 1.66 bits per heavy atom. The number of amides is 2. The van der Waals surface area contributed by atoms with Crippen molar-refractivity contribution < 1.29 is 14.3 Å². The molecule has 0 aliphatic heterocycles. The van der Waals surface area contributed by atoms with Crippen molar-refractivity contribution in [1.29, 1.82) is 0 Å². The largest absolute Gasteiger partial charge is 0.497 e. The van der Waals surface area contributed by atoms with Gasteiger partial charge in [-0.3, -0.25) is 9.59 Å². The molecule has 0 heterocycles. The minimum atomic E-state index is -0.765. The zero-order valence-electron chi connectivity index (χ0n) is 21.9. The summed E-state index contributed by atoms with van der Waals surface area (Å²) >= 11 is 6.06. The number of allylic oxidation sites excluding steroid dienone is 1. The van der Waals surface area contributed by atoms with Gasteiger partial charge in [0.1, 0.15) is 11.8 Å². The van der Waals surface area contributed by atoms with Gasteiger partial charge in [0.2, 0.25) is 11.8 Å². The standard InChI is InChI=1S/C32H35ClN2O3/c1-38-29-18-14-26(15-19-29)23-35(30(36)22-25-12-16-28(33)17-13-25)31(27-10-6-3-7-11-27)32(37)34-21-20-24-8-4-2-5-9-24/h3,6-8,10-19,31H,2,4-5,9,20-23H2,1H3,(H,34,37)/t31-/m1/s1. The van der Waals surface area contributed by atoms with Crippen molar-refractivity contribution in [3.8, 4) is 5.75 Å². The Kier molecular flexibility index (Phi) is 9.99. The van der Waals surface area contributed by atoms with Crippen molar-refractivity contribution in [3.63, 3.8) is 0 Å². The molecule has 1 aliphatic carbocycles. The predicted molar refractivity (Wildman–Crippen MR) is 152 cm³/mol. The molecule has 2 amide bonds. The number of hydrogen-bond donors (Lipinski definition) is 1. The van der Waals surface area contributed by atoms with Gasteiger partial charge in [-0.2, -0.15) is 0 Å². The Hall–Kier alpha value is -3.57. The first-order chi connectivity index (χ1) is 18.5. The molecule has 0 aromatic heterocycles. The van der Waals surface area contributed by atoms with Gasteiger partial charge in [0.25, 0.3) is 0 Å². The topological polar surface area (TPSA) is 58.6 Å². The number of halogens is 1. The first-order valence-electron chi connectivity index (χ1n) is 13.2. The first-order valence-corrected chi connectivity index (χ1v) is 13.6. The van der Waals surface area contributed by atoms with E-state index >= 15 is 0 Å². The van der Waals surface area contributed by atoms with E-state index in [1.165, 1.54) is 18.4 Å². The molecule has 0 saturated heterocycles. The summed E-state index contributed by atoms with van der Waals surface area (Å²) in [7, 11) is 1.62. The first kappa shape index (κ1) is 27.5.